The fourth-order valence-corrected chi connectivity index (χ4v) is 4.22. The molecular formula is C19H36N4O. The minimum atomic E-state index is -0.0441. The van der Waals surface area contributed by atoms with E-state index in [1.165, 1.54) is 38.8 Å². The minimum Gasteiger partial charge on any atom is -0.378 e. The first-order valence-corrected chi connectivity index (χ1v) is 9.76. The number of ether oxygens (including phenoxy) is 1. The zero-order valence-corrected chi connectivity index (χ0v) is 16.2. The average molecular weight is 337 g/mol. The van der Waals surface area contributed by atoms with Crippen molar-refractivity contribution in [3.63, 3.8) is 0 Å². The molecule has 2 aliphatic carbocycles. The van der Waals surface area contributed by atoms with E-state index < -0.39 is 0 Å². The Hall–Kier alpha value is -0.810. The molecule has 3 rings (SSSR count). The zero-order chi connectivity index (χ0) is 17.4. The molecule has 24 heavy (non-hydrogen) atoms. The molecule has 0 spiro atoms. The van der Waals surface area contributed by atoms with Gasteiger partial charge in [0.1, 0.15) is 0 Å². The SMILES string of the molecule is CCN=C(NC1CCN(C2CC2)CC1)NC1CC(C)(OC)C1(C)C. The molecule has 2 N–H and O–H groups in total. The normalized spacial score (nSPS) is 34.7. The molecular weight excluding hydrogens is 300 g/mol. The summed E-state index contributed by atoms with van der Waals surface area (Å²) in [6, 6.07) is 1.86. The standard InChI is InChI=1S/C19H36N4O/c1-6-20-17(22-16-13-19(4,24-5)18(16,2)3)21-14-9-11-23(12-10-14)15-7-8-15/h14-16H,6-13H2,1-5H3,(H2,20,21,22). The van der Waals surface area contributed by atoms with Crippen LogP contribution in [-0.4, -0.2) is 61.3 Å². The van der Waals surface area contributed by atoms with E-state index in [0.29, 0.717) is 12.1 Å². The summed E-state index contributed by atoms with van der Waals surface area (Å²) in [4.78, 5) is 7.35. The van der Waals surface area contributed by atoms with Crippen molar-refractivity contribution in [3.05, 3.63) is 0 Å². The van der Waals surface area contributed by atoms with Crippen LogP contribution in [-0.2, 0) is 4.74 Å². The van der Waals surface area contributed by atoms with Crippen LogP contribution in [0.4, 0.5) is 0 Å². The van der Waals surface area contributed by atoms with Crippen LogP contribution in [0.25, 0.3) is 0 Å². The third-order valence-electron chi connectivity index (χ3n) is 6.84. The lowest BCUT2D eigenvalue weighted by Gasteiger charge is -2.59. The number of guanidine groups is 1. The molecule has 3 aliphatic rings. The van der Waals surface area contributed by atoms with Gasteiger partial charge in [-0.2, -0.15) is 0 Å². The highest BCUT2D eigenvalue weighted by atomic mass is 16.5. The summed E-state index contributed by atoms with van der Waals surface area (Å²) < 4.78 is 5.74. The van der Waals surface area contributed by atoms with Gasteiger partial charge in [0.2, 0.25) is 0 Å². The van der Waals surface area contributed by atoms with E-state index in [9.17, 15) is 0 Å². The summed E-state index contributed by atoms with van der Waals surface area (Å²) >= 11 is 0. The molecule has 5 heteroatoms. The van der Waals surface area contributed by atoms with Gasteiger partial charge in [0, 0.05) is 50.3 Å². The number of hydrogen-bond donors (Lipinski definition) is 2. The molecule has 0 amide bonds. The number of piperidine rings is 1. The topological polar surface area (TPSA) is 48.9 Å². The second-order valence-corrected chi connectivity index (χ2v) is 8.57. The summed E-state index contributed by atoms with van der Waals surface area (Å²) in [5.41, 5.74) is 0.0604. The van der Waals surface area contributed by atoms with Crippen molar-refractivity contribution in [2.75, 3.05) is 26.7 Å². The Kier molecular flexibility index (Phi) is 5.12. The predicted molar refractivity (Wildman–Crippen MR) is 99.5 cm³/mol. The van der Waals surface area contributed by atoms with Crippen molar-refractivity contribution in [3.8, 4) is 0 Å². The maximum absolute atomic E-state index is 5.74. The van der Waals surface area contributed by atoms with E-state index in [1.807, 2.05) is 7.11 Å². The molecule has 1 aliphatic heterocycles. The van der Waals surface area contributed by atoms with Crippen molar-refractivity contribution in [2.24, 2.45) is 10.4 Å². The summed E-state index contributed by atoms with van der Waals surface area (Å²) in [7, 11) is 1.82. The van der Waals surface area contributed by atoms with Gasteiger partial charge in [0.15, 0.2) is 5.96 Å². The van der Waals surface area contributed by atoms with Crippen LogP contribution in [0.5, 0.6) is 0 Å². The molecule has 0 aromatic heterocycles. The summed E-state index contributed by atoms with van der Waals surface area (Å²) in [5, 5.41) is 7.36. The van der Waals surface area contributed by atoms with Crippen LogP contribution in [0.2, 0.25) is 0 Å². The maximum atomic E-state index is 5.74. The Morgan fingerprint density at radius 1 is 1.12 bits per heavy atom. The van der Waals surface area contributed by atoms with Gasteiger partial charge in [0.05, 0.1) is 5.60 Å². The Morgan fingerprint density at radius 2 is 1.79 bits per heavy atom. The molecule has 1 saturated heterocycles. The van der Waals surface area contributed by atoms with E-state index >= 15 is 0 Å². The molecule has 0 aromatic rings. The van der Waals surface area contributed by atoms with Crippen LogP contribution in [0, 0.1) is 5.41 Å². The fraction of sp³-hybridized carbons (Fsp3) is 0.947. The Labute approximate surface area is 147 Å². The van der Waals surface area contributed by atoms with Crippen LogP contribution >= 0.6 is 0 Å². The summed E-state index contributed by atoms with van der Waals surface area (Å²) in [5.74, 6) is 0.985. The molecule has 1 heterocycles. The largest absolute Gasteiger partial charge is 0.378 e. The molecule has 0 aromatic carbocycles. The smallest absolute Gasteiger partial charge is 0.191 e. The number of nitrogens with one attached hydrogen (secondary N) is 2. The lowest BCUT2D eigenvalue weighted by atomic mass is 9.56. The van der Waals surface area contributed by atoms with Crippen LogP contribution in [0.1, 0.15) is 59.8 Å². The number of nitrogens with zero attached hydrogens (tertiary/aromatic N) is 2. The first-order valence-electron chi connectivity index (χ1n) is 9.76. The first-order chi connectivity index (χ1) is 11.4. The highest BCUT2D eigenvalue weighted by Crippen LogP contribution is 2.51. The number of likely N-dealkylation sites (tertiary alicyclic amines) is 1. The van der Waals surface area contributed by atoms with E-state index in [2.05, 4.69) is 48.2 Å². The van der Waals surface area contributed by atoms with Crippen molar-refractivity contribution < 1.29 is 4.74 Å². The quantitative estimate of drug-likeness (QED) is 0.598. The van der Waals surface area contributed by atoms with Gasteiger partial charge in [-0.3, -0.25) is 4.99 Å². The van der Waals surface area contributed by atoms with Crippen LogP contribution in [0.15, 0.2) is 4.99 Å². The average Bonchev–Trinajstić information content (AvgIpc) is 3.40. The molecule has 0 radical (unpaired) electrons. The van der Waals surface area contributed by atoms with Crippen molar-refractivity contribution >= 4 is 5.96 Å². The molecule has 2 unspecified atom stereocenters. The van der Waals surface area contributed by atoms with Crippen molar-refractivity contribution in [1.29, 1.82) is 0 Å². The first kappa shape index (κ1) is 18.0. The fourth-order valence-electron chi connectivity index (χ4n) is 4.22. The maximum Gasteiger partial charge on any atom is 0.191 e. The van der Waals surface area contributed by atoms with E-state index in [0.717, 1.165) is 25.0 Å². The van der Waals surface area contributed by atoms with Crippen molar-refractivity contribution in [2.45, 2.75) is 83.5 Å². The lowest BCUT2D eigenvalue weighted by molar-refractivity contribution is -0.176. The second-order valence-electron chi connectivity index (χ2n) is 8.57. The van der Waals surface area contributed by atoms with Gasteiger partial charge in [-0.15, -0.1) is 0 Å². The van der Waals surface area contributed by atoms with Crippen molar-refractivity contribution in [1.82, 2.24) is 15.5 Å². The Bertz CT molecular complexity index is 466. The van der Waals surface area contributed by atoms with Crippen LogP contribution in [0.3, 0.4) is 0 Å². The number of hydrogen-bond acceptors (Lipinski definition) is 3. The Balaban J connectivity index is 1.51. The van der Waals surface area contributed by atoms with Gasteiger partial charge >= 0.3 is 0 Å². The molecule has 5 nitrogen and oxygen atoms in total. The minimum absolute atomic E-state index is 0.0441. The highest BCUT2D eigenvalue weighted by molar-refractivity contribution is 5.80. The van der Waals surface area contributed by atoms with Gasteiger partial charge < -0.3 is 20.3 Å². The van der Waals surface area contributed by atoms with Gasteiger partial charge in [0.25, 0.3) is 0 Å². The Morgan fingerprint density at radius 3 is 2.29 bits per heavy atom. The third-order valence-corrected chi connectivity index (χ3v) is 6.84. The predicted octanol–water partition coefficient (Wildman–Crippen LogP) is 2.37. The lowest BCUT2D eigenvalue weighted by Crippen LogP contribution is -2.70. The highest BCUT2D eigenvalue weighted by Gasteiger charge is 2.58. The number of rotatable bonds is 5. The van der Waals surface area contributed by atoms with E-state index in [-0.39, 0.29) is 11.0 Å². The molecule has 2 atom stereocenters. The number of aliphatic imine (C=N–C) groups is 1. The molecule has 2 saturated carbocycles. The summed E-state index contributed by atoms with van der Waals surface area (Å²) in [6.45, 7) is 12.2. The molecule has 138 valence electrons. The van der Waals surface area contributed by atoms with Gasteiger partial charge in [-0.1, -0.05) is 13.8 Å². The molecule has 0 bridgehead atoms. The molecule has 3 fully saturated rings. The van der Waals surface area contributed by atoms with Crippen LogP contribution < -0.4 is 10.6 Å². The second kappa shape index (κ2) is 6.83. The zero-order valence-electron chi connectivity index (χ0n) is 16.2. The van der Waals surface area contributed by atoms with Gasteiger partial charge in [-0.25, -0.2) is 0 Å². The third kappa shape index (κ3) is 3.43. The van der Waals surface area contributed by atoms with E-state index in [1.54, 1.807) is 0 Å². The van der Waals surface area contributed by atoms with E-state index in [4.69, 9.17) is 4.74 Å². The monoisotopic (exact) mass is 336 g/mol. The number of methoxy groups -OCH3 is 1. The summed E-state index contributed by atoms with van der Waals surface area (Å²) in [6.07, 6.45) is 6.31. The van der Waals surface area contributed by atoms with Gasteiger partial charge in [-0.05, 0) is 46.0 Å².